The number of aromatic nitrogens is 1. The molecular weight excluding hydrogens is 484 g/mol. The molecule has 37 heavy (non-hydrogen) atoms. The van der Waals surface area contributed by atoms with E-state index in [0.29, 0.717) is 19.6 Å². The molecule has 0 unspecified atom stereocenters. The van der Waals surface area contributed by atoms with E-state index in [1.807, 2.05) is 85.9 Å². The highest BCUT2D eigenvalue weighted by Gasteiger charge is 2.25. The largest absolute Gasteiger partial charge is 0.497 e. The second-order valence-corrected chi connectivity index (χ2v) is 10.8. The molecule has 0 saturated heterocycles. The Balaban J connectivity index is 1.47. The second kappa shape index (κ2) is 10.7. The molecule has 5 aromatic rings. The van der Waals surface area contributed by atoms with Crippen molar-refractivity contribution >= 4 is 31.7 Å². The van der Waals surface area contributed by atoms with E-state index in [2.05, 4.69) is 4.98 Å². The minimum absolute atomic E-state index is 0.257. The SMILES string of the molecule is CCOc1ccc(CN(CCc2c[nH]c3ccc(OC)cc23)S(=O)(=O)c2ccc3ccccc3c2)cc1. The maximum atomic E-state index is 13.9. The van der Waals surface area contributed by atoms with Gasteiger partial charge in [0.1, 0.15) is 11.5 Å². The van der Waals surface area contributed by atoms with Gasteiger partial charge in [0.15, 0.2) is 0 Å². The van der Waals surface area contributed by atoms with Crippen LogP contribution in [0.15, 0.2) is 96.0 Å². The summed E-state index contributed by atoms with van der Waals surface area (Å²) in [5.74, 6) is 1.53. The van der Waals surface area contributed by atoms with E-state index in [1.165, 1.54) is 0 Å². The smallest absolute Gasteiger partial charge is 0.243 e. The molecule has 0 aliphatic heterocycles. The van der Waals surface area contributed by atoms with Crippen LogP contribution >= 0.6 is 0 Å². The summed E-state index contributed by atoms with van der Waals surface area (Å²) in [6.45, 7) is 3.10. The van der Waals surface area contributed by atoms with E-state index >= 15 is 0 Å². The van der Waals surface area contributed by atoms with Crippen molar-refractivity contribution in [3.8, 4) is 11.5 Å². The Hall–Kier alpha value is -3.81. The second-order valence-electron chi connectivity index (χ2n) is 8.90. The molecule has 1 N–H and O–H groups in total. The molecule has 0 radical (unpaired) electrons. The number of H-pyrrole nitrogens is 1. The van der Waals surface area contributed by atoms with E-state index in [-0.39, 0.29) is 11.4 Å². The van der Waals surface area contributed by atoms with Crippen molar-refractivity contribution in [1.82, 2.24) is 9.29 Å². The van der Waals surface area contributed by atoms with Crippen LogP contribution < -0.4 is 9.47 Å². The van der Waals surface area contributed by atoms with Gasteiger partial charge in [-0.15, -0.1) is 0 Å². The van der Waals surface area contributed by atoms with Gasteiger partial charge in [-0.3, -0.25) is 0 Å². The van der Waals surface area contributed by atoms with Crippen molar-refractivity contribution in [2.24, 2.45) is 0 Å². The number of aromatic amines is 1. The highest BCUT2D eigenvalue weighted by molar-refractivity contribution is 7.89. The van der Waals surface area contributed by atoms with Crippen molar-refractivity contribution in [3.63, 3.8) is 0 Å². The summed E-state index contributed by atoms with van der Waals surface area (Å²) in [7, 11) is -2.12. The lowest BCUT2D eigenvalue weighted by atomic mass is 10.1. The molecule has 1 aromatic heterocycles. The average molecular weight is 515 g/mol. The summed E-state index contributed by atoms with van der Waals surface area (Å²) in [6.07, 6.45) is 2.50. The van der Waals surface area contributed by atoms with Crippen LogP contribution in [0, 0.1) is 0 Å². The third kappa shape index (κ3) is 5.33. The first-order chi connectivity index (χ1) is 18.0. The molecule has 1 heterocycles. The zero-order valence-corrected chi connectivity index (χ0v) is 21.8. The van der Waals surface area contributed by atoms with E-state index < -0.39 is 10.0 Å². The molecule has 0 aliphatic rings. The lowest BCUT2D eigenvalue weighted by molar-refractivity contribution is 0.340. The number of nitrogens with one attached hydrogen (secondary N) is 1. The Morgan fingerprint density at radius 2 is 1.62 bits per heavy atom. The Labute approximate surface area is 217 Å². The minimum Gasteiger partial charge on any atom is -0.497 e. The highest BCUT2D eigenvalue weighted by Crippen LogP contribution is 2.27. The Morgan fingerprint density at radius 1 is 0.865 bits per heavy atom. The zero-order chi connectivity index (χ0) is 25.8. The van der Waals surface area contributed by atoms with Crippen molar-refractivity contribution in [3.05, 3.63) is 102 Å². The number of ether oxygens (including phenoxy) is 2. The van der Waals surface area contributed by atoms with Gasteiger partial charge in [0, 0.05) is 30.2 Å². The molecular formula is C30H30N2O4S. The van der Waals surface area contributed by atoms with Crippen LogP contribution in [0.5, 0.6) is 11.5 Å². The van der Waals surface area contributed by atoms with Gasteiger partial charge in [0.25, 0.3) is 0 Å². The van der Waals surface area contributed by atoms with Gasteiger partial charge in [0.2, 0.25) is 10.0 Å². The van der Waals surface area contributed by atoms with Crippen LogP contribution in [0.4, 0.5) is 0 Å². The van der Waals surface area contributed by atoms with E-state index in [4.69, 9.17) is 9.47 Å². The monoisotopic (exact) mass is 514 g/mol. The molecule has 6 nitrogen and oxygen atoms in total. The lowest BCUT2D eigenvalue weighted by Crippen LogP contribution is -2.32. The van der Waals surface area contributed by atoms with Crippen molar-refractivity contribution < 1.29 is 17.9 Å². The molecule has 5 rings (SSSR count). The number of sulfonamides is 1. The Morgan fingerprint density at radius 3 is 2.38 bits per heavy atom. The van der Waals surface area contributed by atoms with Crippen LogP contribution in [0.2, 0.25) is 0 Å². The van der Waals surface area contributed by atoms with Crippen LogP contribution in [-0.4, -0.2) is 38.0 Å². The number of benzene rings is 4. The molecule has 0 atom stereocenters. The molecule has 0 amide bonds. The average Bonchev–Trinajstić information content (AvgIpc) is 3.33. The topological polar surface area (TPSA) is 71.6 Å². The summed E-state index contributed by atoms with van der Waals surface area (Å²) in [5.41, 5.74) is 2.93. The van der Waals surface area contributed by atoms with E-state index in [9.17, 15) is 8.42 Å². The van der Waals surface area contributed by atoms with Gasteiger partial charge < -0.3 is 14.5 Å². The van der Waals surface area contributed by atoms with Gasteiger partial charge >= 0.3 is 0 Å². The summed E-state index contributed by atoms with van der Waals surface area (Å²) in [6, 6.07) is 26.6. The normalized spacial score (nSPS) is 11.9. The number of nitrogens with zero attached hydrogens (tertiary/aromatic N) is 1. The number of methoxy groups -OCH3 is 1. The van der Waals surface area contributed by atoms with Gasteiger partial charge in [0.05, 0.1) is 18.6 Å². The first-order valence-corrected chi connectivity index (χ1v) is 13.8. The van der Waals surface area contributed by atoms with Crippen LogP contribution in [0.1, 0.15) is 18.1 Å². The number of fused-ring (bicyclic) bond motifs is 2. The molecule has 0 bridgehead atoms. The van der Waals surface area contributed by atoms with Crippen LogP contribution in [0.25, 0.3) is 21.7 Å². The predicted octanol–water partition coefficient (Wildman–Crippen LogP) is 6.16. The third-order valence-electron chi connectivity index (χ3n) is 6.56. The van der Waals surface area contributed by atoms with Gasteiger partial charge in [-0.05, 0) is 77.7 Å². The molecule has 0 spiro atoms. The van der Waals surface area contributed by atoms with Crippen molar-refractivity contribution in [1.29, 1.82) is 0 Å². The molecule has 4 aromatic carbocycles. The minimum atomic E-state index is -3.76. The van der Waals surface area contributed by atoms with Gasteiger partial charge in [-0.2, -0.15) is 4.31 Å². The van der Waals surface area contributed by atoms with Crippen molar-refractivity contribution in [2.75, 3.05) is 20.3 Å². The molecule has 0 aliphatic carbocycles. The number of hydrogen-bond acceptors (Lipinski definition) is 4. The first-order valence-electron chi connectivity index (χ1n) is 12.3. The fourth-order valence-corrected chi connectivity index (χ4v) is 6.02. The lowest BCUT2D eigenvalue weighted by Gasteiger charge is -2.23. The zero-order valence-electron chi connectivity index (χ0n) is 21.0. The summed E-state index contributed by atoms with van der Waals surface area (Å²) in [4.78, 5) is 3.57. The standard InChI is InChI=1S/C30H30N2O4S/c1-3-36-26-11-8-22(9-12-26)21-32(17-16-25-20-31-30-15-13-27(35-2)19-29(25)30)37(33,34)28-14-10-23-6-4-5-7-24(23)18-28/h4-15,18-20,31H,3,16-17,21H2,1-2H3. The maximum absolute atomic E-state index is 13.9. The summed E-state index contributed by atoms with van der Waals surface area (Å²) < 4.78 is 40.4. The number of rotatable bonds is 10. The first kappa shape index (κ1) is 24.9. The van der Waals surface area contributed by atoms with Crippen LogP contribution in [0.3, 0.4) is 0 Å². The number of hydrogen-bond donors (Lipinski definition) is 1. The molecule has 0 saturated carbocycles. The third-order valence-corrected chi connectivity index (χ3v) is 8.40. The van der Waals surface area contributed by atoms with E-state index in [0.717, 1.165) is 44.3 Å². The Kier molecular flexibility index (Phi) is 7.17. The highest BCUT2D eigenvalue weighted by atomic mass is 32.2. The van der Waals surface area contributed by atoms with Gasteiger partial charge in [-0.1, -0.05) is 42.5 Å². The molecule has 190 valence electrons. The van der Waals surface area contributed by atoms with Gasteiger partial charge in [-0.25, -0.2) is 8.42 Å². The fraction of sp³-hybridized carbons (Fsp3) is 0.200. The van der Waals surface area contributed by atoms with Crippen molar-refractivity contribution in [2.45, 2.75) is 24.8 Å². The summed E-state index contributed by atoms with van der Waals surface area (Å²) in [5, 5.41) is 2.93. The molecule has 0 fully saturated rings. The van der Waals surface area contributed by atoms with Crippen LogP contribution in [-0.2, 0) is 23.0 Å². The van der Waals surface area contributed by atoms with E-state index in [1.54, 1.807) is 23.5 Å². The summed E-state index contributed by atoms with van der Waals surface area (Å²) >= 11 is 0. The maximum Gasteiger partial charge on any atom is 0.243 e. The fourth-order valence-electron chi connectivity index (χ4n) is 4.56. The molecule has 7 heteroatoms. The predicted molar refractivity (Wildman–Crippen MR) is 148 cm³/mol. The Bertz CT molecular complexity index is 1630. The quantitative estimate of drug-likeness (QED) is 0.242.